The molecule has 1 saturated heterocycles. The van der Waals surface area contributed by atoms with E-state index in [0.717, 1.165) is 46.9 Å². The number of benzene rings is 2. The molecular formula is C19H21NO2S. The molecule has 0 aromatic heterocycles. The van der Waals surface area contributed by atoms with Gasteiger partial charge in [-0.2, -0.15) is 0 Å². The average Bonchev–Trinajstić information content (AvgIpc) is 3.09. The van der Waals surface area contributed by atoms with E-state index >= 15 is 0 Å². The van der Waals surface area contributed by atoms with E-state index in [1.54, 1.807) is 11.8 Å². The normalized spacial score (nSPS) is 17.2. The van der Waals surface area contributed by atoms with Crippen LogP contribution < -0.4 is 5.32 Å². The third-order valence-corrected chi connectivity index (χ3v) is 5.18. The minimum absolute atomic E-state index is 0.0604. The first-order chi connectivity index (χ1) is 11.2. The number of hydrogen-bond acceptors (Lipinski definition) is 3. The molecule has 4 heteroatoms. The molecule has 0 aliphatic carbocycles. The van der Waals surface area contributed by atoms with Crippen LogP contribution in [0.1, 0.15) is 28.8 Å². The highest BCUT2D eigenvalue weighted by molar-refractivity contribution is 7.99. The molecular weight excluding hydrogens is 306 g/mol. The zero-order valence-corrected chi connectivity index (χ0v) is 14.1. The summed E-state index contributed by atoms with van der Waals surface area (Å²) in [5, 5.41) is 3.01. The smallest absolute Gasteiger partial charge is 0.256 e. The molecule has 0 spiro atoms. The number of carbonyl (C=O) groups is 1. The van der Waals surface area contributed by atoms with Crippen LogP contribution in [0, 0.1) is 6.92 Å². The maximum atomic E-state index is 12.6. The first-order valence-corrected chi connectivity index (χ1v) is 8.93. The lowest BCUT2D eigenvalue weighted by molar-refractivity contribution is 0.102. The van der Waals surface area contributed by atoms with Gasteiger partial charge < -0.3 is 10.1 Å². The van der Waals surface area contributed by atoms with E-state index < -0.39 is 0 Å². The summed E-state index contributed by atoms with van der Waals surface area (Å²) in [6.45, 7) is 2.86. The second-order valence-corrected chi connectivity index (χ2v) is 6.77. The molecule has 1 atom stereocenters. The summed E-state index contributed by atoms with van der Waals surface area (Å²) in [6, 6.07) is 15.6. The predicted molar refractivity (Wildman–Crippen MR) is 95.3 cm³/mol. The van der Waals surface area contributed by atoms with Gasteiger partial charge in [0.05, 0.1) is 11.7 Å². The standard InChI is InChI=1S/C19H21NO2S/c1-14-7-2-4-10-17(14)20-19(21)16-9-3-5-11-18(16)23-13-15-8-6-12-22-15/h2-5,7,9-11,15H,6,8,12-13H2,1H3,(H,20,21)/t15-/m1/s1. The fourth-order valence-electron chi connectivity index (χ4n) is 2.64. The largest absolute Gasteiger partial charge is 0.377 e. The summed E-state index contributed by atoms with van der Waals surface area (Å²) >= 11 is 1.70. The van der Waals surface area contributed by atoms with Crippen molar-refractivity contribution in [3.8, 4) is 0 Å². The number of ether oxygens (including phenoxy) is 1. The minimum atomic E-state index is -0.0604. The van der Waals surface area contributed by atoms with Gasteiger partial charge in [-0.3, -0.25) is 4.79 Å². The molecule has 1 fully saturated rings. The number of thioether (sulfide) groups is 1. The Labute approximate surface area is 141 Å². The zero-order chi connectivity index (χ0) is 16.1. The molecule has 1 amide bonds. The fraction of sp³-hybridized carbons (Fsp3) is 0.316. The molecule has 0 radical (unpaired) electrons. The molecule has 1 N–H and O–H groups in total. The van der Waals surface area contributed by atoms with Gasteiger partial charge in [0, 0.05) is 22.9 Å². The lowest BCUT2D eigenvalue weighted by Crippen LogP contribution is -2.14. The highest BCUT2D eigenvalue weighted by Crippen LogP contribution is 2.27. The van der Waals surface area contributed by atoms with Gasteiger partial charge in [-0.25, -0.2) is 0 Å². The van der Waals surface area contributed by atoms with Gasteiger partial charge in [-0.15, -0.1) is 11.8 Å². The maximum absolute atomic E-state index is 12.6. The van der Waals surface area contributed by atoms with Crippen molar-refractivity contribution in [2.75, 3.05) is 17.7 Å². The van der Waals surface area contributed by atoms with Crippen molar-refractivity contribution in [3.05, 3.63) is 59.7 Å². The predicted octanol–water partition coefficient (Wildman–Crippen LogP) is 4.52. The first kappa shape index (κ1) is 16.1. The Morgan fingerprint density at radius 2 is 2.00 bits per heavy atom. The Kier molecular flexibility index (Phi) is 5.36. The Bertz CT molecular complexity index is 681. The Morgan fingerprint density at radius 3 is 2.78 bits per heavy atom. The van der Waals surface area contributed by atoms with Crippen molar-refractivity contribution >= 4 is 23.4 Å². The second kappa shape index (κ2) is 7.66. The number of para-hydroxylation sites is 1. The van der Waals surface area contributed by atoms with Gasteiger partial charge in [0.15, 0.2) is 0 Å². The van der Waals surface area contributed by atoms with Crippen LogP contribution in [0.5, 0.6) is 0 Å². The van der Waals surface area contributed by atoms with E-state index in [4.69, 9.17) is 4.74 Å². The zero-order valence-electron chi connectivity index (χ0n) is 13.2. The molecule has 2 aromatic carbocycles. The third-order valence-electron chi connectivity index (χ3n) is 3.97. The number of amides is 1. The van der Waals surface area contributed by atoms with E-state index in [1.165, 1.54) is 0 Å². The first-order valence-electron chi connectivity index (χ1n) is 7.94. The Hall–Kier alpha value is -1.78. The number of aryl methyl sites for hydroxylation is 1. The van der Waals surface area contributed by atoms with Crippen LogP contribution in [0.4, 0.5) is 5.69 Å². The van der Waals surface area contributed by atoms with Crippen molar-refractivity contribution in [2.24, 2.45) is 0 Å². The molecule has 1 aliphatic heterocycles. The molecule has 1 aliphatic rings. The lowest BCUT2D eigenvalue weighted by Gasteiger charge is -2.13. The topological polar surface area (TPSA) is 38.3 Å². The van der Waals surface area contributed by atoms with Crippen molar-refractivity contribution in [1.82, 2.24) is 0 Å². The Balaban J connectivity index is 1.71. The second-order valence-electron chi connectivity index (χ2n) is 5.71. The maximum Gasteiger partial charge on any atom is 0.256 e. The van der Waals surface area contributed by atoms with Crippen molar-refractivity contribution in [3.63, 3.8) is 0 Å². The number of anilines is 1. The molecule has 1 heterocycles. The number of rotatable bonds is 5. The molecule has 2 aromatic rings. The highest BCUT2D eigenvalue weighted by Gasteiger charge is 2.18. The third kappa shape index (κ3) is 4.15. The van der Waals surface area contributed by atoms with Crippen molar-refractivity contribution in [2.45, 2.75) is 30.8 Å². The summed E-state index contributed by atoms with van der Waals surface area (Å²) < 4.78 is 5.67. The summed E-state index contributed by atoms with van der Waals surface area (Å²) in [4.78, 5) is 13.6. The van der Waals surface area contributed by atoms with Crippen LogP contribution in [0.15, 0.2) is 53.4 Å². The van der Waals surface area contributed by atoms with Crippen LogP contribution in [-0.4, -0.2) is 24.4 Å². The number of nitrogens with one attached hydrogen (secondary N) is 1. The van der Waals surface area contributed by atoms with E-state index in [-0.39, 0.29) is 5.91 Å². The van der Waals surface area contributed by atoms with Gasteiger partial charge >= 0.3 is 0 Å². The van der Waals surface area contributed by atoms with Gasteiger partial charge in [0.1, 0.15) is 0 Å². The monoisotopic (exact) mass is 327 g/mol. The molecule has 0 saturated carbocycles. The molecule has 120 valence electrons. The average molecular weight is 327 g/mol. The summed E-state index contributed by atoms with van der Waals surface area (Å²) in [7, 11) is 0. The molecule has 0 unspecified atom stereocenters. The van der Waals surface area contributed by atoms with Gasteiger partial charge in [-0.1, -0.05) is 30.3 Å². The van der Waals surface area contributed by atoms with Crippen LogP contribution in [-0.2, 0) is 4.74 Å². The van der Waals surface area contributed by atoms with Gasteiger partial charge in [0.25, 0.3) is 5.91 Å². The summed E-state index contributed by atoms with van der Waals surface area (Å²) in [5.74, 6) is 0.837. The Morgan fingerprint density at radius 1 is 1.22 bits per heavy atom. The van der Waals surface area contributed by atoms with E-state index in [0.29, 0.717) is 6.10 Å². The SMILES string of the molecule is Cc1ccccc1NC(=O)c1ccccc1SC[C@H]1CCCO1. The minimum Gasteiger partial charge on any atom is -0.377 e. The molecule has 23 heavy (non-hydrogen) atoms. The van der Waals surface area contributed by atoms with Crippen molar-refractivity contribution in [1.29, 1.82) is 0 Å². The van der Waals surface area contributed by atoms with Gasteiger partial charge in [-0.05, 0) is 43.5 Å². The fourth-order valence-corrected chi connectivity index (χ4v) is 3.76. The van der Waals surface area contributed by atoms with E-state index in [1.807, 2.05) is 55.5 Å². The van der Waals surface area contributed by atoms with Gasteiger partial charge in [0.2, 0.25) is 0 Å². The van der Waals surface area contributed by atoms with E-state index in [9.17, 15) is 4.79 Å². The summed E-state index contributed by atoms with van der Waals surface area (Å²) in [5.41, 5.74) is 2.64. The summed E-state index contributed by atoms with van der Waals surface area (Å²) in [6.07, 6.45) is 2.57. The van der Waals surface area contributed by atoms with Crippen molar-refractivity contribution < 1.29 is 9.53 Å². The van der Waals surface area contributed by atoms with E-state index in [2.05, 4.69) is 5.32 Å². The van der Waals surface area contributed by atoms with Crippen LogP contribution in [0.25, 0.3) is 0 Å². The highest BCUT2D eigenvalue weighted by atomic mass is 32.2. The number of carbonyl (C=O) groups excluding carboxylic acids is 1. The van der Waals surface area contributed by atoms with Crippen LogP contribution >= 0.6 is 11.8 Å². The number of hydrogen-bond donors (Lipinski definition) is 1. The van der Waals surface area contributed by atoms with Crippen LogP contribution in [0.3, 0.4) is 0 Å². The lowest BCUT2D eigenvalue weighted by atomic mass is 10.1. The molecule has 3 nitrogen and oxygen atoms in total. The quantitative estimate of drug-likeness (QED) is 0.821. The molecule has 3 rings (SSSR count). The molecule has 0 bridgehead atoms. The van der Waals surface area contributed by atoms with Crippen LogP contribution in [0.2, 0.25) is 0 Å².